The molecular weight excluding hydrogens is 405 g/mol. The van der Waals surface area contributed by atoms with Crippen molar-refractivity contribution in [3.8, 4) is 11.5 Å². The maximum absolute atomic E-state index is 16.6. The molecule has 1 N–H and O–H groups in total. The summed E-state index contributed by atoms with van der Waals surface area (Å²) >= 11 is 7.36. The Labute approximate surface area is 167 Å². The Bertz CT molecular complexity index is 1180. The molecule has 0 fully saturated rings. The number of halogens is 2. The van der Waals surface area contributed by atoms with Crippen LogP contribution in [-0.4, -0.2) is 17.7 Å². The molecule has 1 aromatic carbocycles. The number of amides is 1. The third kappa shape index (κ3) is 1.96. The molecule has 3 aliphatic rings. The second-order valence-corrected chi connectivity index (χ2v) is 8.49. The van der Waals surface area contributed by atoms with Gasteiger partial charge in [-0.15, -0.1) is 11.3 Å². The Kier molecular flexibility index (Phi) is 3.09. The van der Waals surface area contributed by atoms with Gasteiger partial charge in [0, 0.05) is 28.4 Å². The van der Waals surface area contributed by atoms with Gasteiger partial charge < -0.3 is 14.8 Å². The van der Waals surface area contributed by atoms with Crippen LogP contribution >= 0.6 is 22.9 Å². The molecular formula is C19H11ClFN3O3S. The third-order valence-electron chi connectivity index (χ3n) is 5.17. The van der Waals surface area contributed by atoms with E-state index in [2.05, 4.69) is 10.3 Å². The van der Waals surface area contributed by atoms with Crippen LogP contribution in [0.25, 0.3) is 0 Å². The van der Waals surface area contributed by atoms with E-state index in [0.717, 1.165) is 4.88 Å². The average molecular weight is 416 g/mol. The summed E-state index contributed by atoms with van der Waals surface area (Å²) in [5.41, 5.74) is -0.921. The highest BCUT2D eigenvalue weighted by Gasteiger charge is 2.58. The van der Waals surface area contributed by atoms with Crippen molar-refractivity contribution in [2.75, 3.05) is 17.0 Å². The second-order valence-electron chi connectivity index (χ2n) is 6.69. The van der Waals surface area contributed by atoms with Crippen molar-refractivity contribution >= 4 is 46.0 Å². The summed E-state index contributed by atoms with van der Waals surface area (Å²) in [7, 11) is 0. The number of ether oxygens (including phenoxy) is 2. The van der Waals surface area contributed by atoms with Crippen LogP contribution in [0.4, 0.5) is 21.6 Å². The minimum Gasteiger partial charge on any atom is -0.454 e. The van der Waals surface area contributed by atoms with Crippen molar-refractivity contribution in [2.24, 2.45) is 0 Å². The van der Waals surface area contributed by atoms with E-state index in [0.29, 0.717) is 33.0 Å². The number of carbonyl (C=O) groups is 1. The number of anilines is 3. The predicted octanol–water partition coefficient (Wildman–Crippen LogP) is 4.34. The maximum Gasteiger partial charge on any atom is 0.275 e. The predicted molar refractivity (Wildman–Crippen MR) is 102 cm³/mol. The second kappa shape index (κ2) is 5.36. The molecule has 1 unspecified atom stereocenters. The smallest absolute Gasteiger partial charge is 0.275 e. The Morgan fingerprint density at radius 2 is 2.07 bits per heavy atom. The summed E-state index contributed by atoms with van der Waals surface area (Å²) in [6, 6.07) is 8.45. The van der Waals surface area contributed by atoms with Gasteiger partial charge >= 0.3 is 0 Å². The molecule has 140 valence electrons. The van der Waals surface area contributed by atoms with Crippen LogP contribution in [0.1, 0.15) is 16.0 Å². The van der Waals surface area contributed by atoms with Crippen molar-refractivity contribution in [1.82, 2.24) is 4.98 Å². The van der Waals surface area contributed by atoms with Crippen LogP contribution in [0.3, 0.4) is 0 Å². The van der Waals surface area contributed by atoms with Gasteiger partial charge in [0.2, 0.25) is 12.5 Å². The number of hydrogen-bond donors (Lipinski definition) is 1. The number of fused-ring (bicyclic) bond motifs is 3. The highest BCUT2D eigenvalue weighted by Crippen LogP contribution is 2.57. The van der Waals surface area contributed by atoms with Crippen LogP contribution in [-0.2, 0) is 17.0 Å². The molecule has 0 saturated heterocycles. The molecule has 0 saturated carbocycles. The van der Waals surface area contributed by atoms with E-state index in [9.17, 15) is 4.79 Å². The zero-order chi connectivity index (χ0) is 19.0. The molecule has 6 nitrogen and oxygen atoms in total. The fourth-order valence-electron chi connectivity index (χ4n) is 3.95. The van der Waals surface area contributed by atoms with E-state index in [1.807, 2.05) is 6.07 Å². The van der Waals surface area contributed by atoms with Crippen LogP contribution in [0, 0.1) is 0 Å². The number of alkyl halides is 1. The fraction of sp³-hybridized carbons (Fsp3) is 0.158. The van der Waals surface area contributed by atoms with E-state index in [1.165, 1.54) is 22.3 Å². The molecule has 1 amide bonds. The first-order chi connectivity index (χ1) is 13.6. The monoisotopic (exact) mass is 415 g/mol. The lowest BCUT2D eigenvalue weighted by Gasteiger charge is -2.29. The lowest BCUT2D eigenvalue weighted by atomic mass is 9.84. The lowest BCUT2D eigenvalue weighted by molar-refractivity contribution is -0.127. The minimum absolute atomic E-state index is 0.0659. The molecule has 6 rings (SSSR count). The number of hydrogen-bond acceptors (Lipinski definition) is 6. The first kappa shape index (κ1) is 16.1. The summed E-state index contributed by atoms with van der Waals surface area (Å²) in [4.78, 5) is 19.9. The van der Waals surface area contributed by atoms with E-state index in [-0.39, 0.29) is 24.5 Å². The Morgan fingerprint density at radius 3 is 2.86 bits per heavy atom. The molecule has 5 heterocycles. The first-order valence-electron chi connectivity index (χ1n) is 8.51. The van der Waals surface area contributed by atoms with Crippen LogP contribution in [0.5, 0.6) is 11.5 Å². The summed E-state index contributed by atoms with van der Waals surface area (Å²) in [5.74, 6) is 0.574. The van der Waals surface area contributed by atoms with Crippen LogP contribution < -0.4 is 19.7 Å². The summed E-state index contributed by atoms with van der Waals surface area (Å²) in [6.07, 6.45) is 1.56. The number of nitrogens with zero attached hydrogens (tertiary/aromatic N) is 2. The van der Waals surface area contributed by atoms with Crippen LogP contribution in [0.2, 0.25) is 4.34 Å². The quantitative estimate of drug-likeness (QED) is 0.674. The van der Waals surface area contributed by atoms with Gasteiger partial charge in [0.1, 0.15) is 5.82 Å². The van der Waals surface area contributed by atoms with Gasteiger partial charge in [-0.2, -0.15) is 0 Å². The molecule has 1 atom stereocenters. The number of thiophene rings is 1. The van der Waals surface area contributed by atoms with Gasteiger partial charge in [-0.25, -0.2) is 9.37 Å². The minimum atomic E-state index is -2.35. The van der Waals surface area contributed by atoms with E-state index < -0.39 is 11.6 Å². The molecule has 0 spiro atoms. The summed E-state index contributed by atoms with van der Waals surface area (Å²) in [6.45, 7) is 0.266. The normalized spacial score (nSPS) is 20.8. The first-order valence-corrected chi connectivity index (χ1v) is 9.71. The van der Waals surface area contributed by atoms with Crippen molar-refractivity contribution in [3.05, 3.63) is 56.9 Å². The molecule has 28 heavy (non-hydrogen) atoms. The topological polar surface area (TPSA) is 63.7 Å². The Morgan fingerprint density at radius 1 is 1.25 bits per heavy atom. The summed E-state index contributed by atoms with van der Waals surface area (Å²) in [5, 5.41) is 3.20. The lowest BCUT2D eigenvalue weighted by Crippen LogP contribution is -2.39. The van der Waals surface area contributed by atoms with Gasteiger partial charge in [0.05, 0.1) is 22.1 Å². The number of rotatable bonds is 2. The van der Waals surface area contributed by atoms with Gasteiger partial charge in [-0.05, 0) is 24.3 Å². The highest BCUT2D eigenvalue weighted by atomic mass is 35.5. The number of benzene rings is 1. The van der Waals surface area contributed by atoms with Gasteiger partial charge in [-0.3, -0.25) is 9.69 Å². The molecule has 0 aliphatic carbocycles. The molecule has 3 aromatic rings. The average Bonchev–Trinajstić information content (AvgIpc) is 3.36. The van der Waals surface area contributed by atoms with Crippen LogP contribution in [0.15, 0.2) is 36.5 Å². The van der Waals surface area contributed by atoms with Gasteiger partial charge in [0.25, 0.3) is 5.91 Å². The zero-order valence-corrected chi connectivity index (χ0v) is 15.7. The van der Waals surface area contributed by atoms with Crippen molar-refractivity contribution in [1.29, 1.82) is 0 Å². The molecule has 9 heteroatoms. The van der Waals surface area contributed by atoms with E-state index in [4.69, 9.17) is 21.1 Å². The zero-order valence-electron chi connectivity index (χ0n) is 14.2. The fourth-order valence-corrected chi connectivity index (χ4v) is 5.03. The van der Waals surface area contributed by atoms with Crippen molar-refractivity contribution < 1.29 is 18.7 Å². The highest BCUT2D eigenvalue weighted by molar-refractivity contribution is 7.16. The molecule has 2 aromatic heterocycles. The number of aromatic nitrogens is 1. The number of pyridine rings is 1. The SMILES string of the molecule is O=C1N(Cc2ccc(Cl)s2)c2nccc3c2C1(F)c1cc2c(cc1N3)OCO2. The van der Waals surface area contributed by atoms with E-state index >= 15 is 4.39 Å². The molecule has 0 bridgehead atoms. The number of carbonyl (C=O) groups excluding carboxylic acids is 1. The standard InChI is InChI=1S/C19H11ClFN3O3S/c20-15-2-1-9(28-15)7-24-17-16-11(3-4-22-17)23-12-6-14-13(26-8-27-14)5-10(12)19(16,21)18(24)25/h1-6,23H,7-8H2. The largest absolute Gasteiger partial charge is 0.454 e. The van der Waals surface area contributed by atoms with Gasteiger partial charge in [0.15, 0.2) is 11.5 Å². The Balaban J connectivity index is 1.54. The van der Waals surface area contributed by atoms with Crippen molar-refractivity contribution in [3.63, 3.8) is 0 Å². The third-order valence-corrected chi connectivity index (χ3v) is 6.38. The van der Waals surface area contributed by atoms with Crippen molar-refractivity contribution in [2.45, 2.75) is 12.2 Å². The molecule has 0 radical (unpaired) electrons. The molecule has 3 aliphatic heterocycles. The van der Waals surface area contributed by atoms with E-state index in [1.54, 1.807) is 24.4 Å². The Hall–Kier alpha value is -2.84. The number of nitrogens with one attached hydrogen (secondary N) is 1. The summed E-state index contributed by atoms with van der Waals surface area (Å²) < 4.78 is 28.0. The van der Waals surface area contributed by atoms with Gasteiger partial charge in [-0.1, -0.05) is 11.6 Å². The maximum atomic E-state index is 16.6.